The van der Waals surface area contributed by atoms with Crippen LogP contribution >= 0.6 is 0 Å². The van der Waals surface area contributed by atoms with Crippen LogP contribution in [-0.4, -0.2) is 67.0 Å². The molecule has 1 aliphatic rings. The summed E-state index contributed by atoms with van der Waals surface area (Å²) in [5.41, 5.74) is 1.29. The molecule has 1 atom stereocenters. The third kappa shape index (κ3) is 6.74. The monoisotopic (exact) mass is 346 g/mol. The largest absolute Gasteiger partial charge is 0.355 e. The average molecular weight is 346 g/mol. The van der Waals surface area contributed by atoms with Crippen molar-refractivity contribution >= 4 is 11.9 Å². The molecule has 1 aromatic rings. The van der Waals surface area contributed by atoms with Crippen LogP contribution in [0.4, 0.5) is 4.79 Å². The lowest BCUT2D eigenvalue weighted by molar-refractivity contribution is -0.122. The van der Waals surface area contributed by atoms with Gasteiger partial charge in [0.25, 0.3) is 0 Å². The number of hydrogen-bond acceptors (Lipinski definition) is 3. The number of likely N-dealkylation sites (N-methyl/N-ethyl adjacent to an activating group) is 1. The quantitative estimate of drug-likeness (QED) is 0.786. The first-order valence-electron chi connectivity index (χ1n) is 9.17. The summed E-state index contributed by atoms with van der Waals surface area (Å²) in [5, 5.41) is 5.89. The van der Waals surface area contributed by atoms with Crippen molar-refractivity contribution in [1.82, 2.24) is 20.4 Å². The van der Waals surface area contributed by atoms with Crippen LogP contribution in [0.5, 0.6) is 0 Å². The molecule has 2 rings (SSSR count). The van der Waals surface area contributed by atoms with Gasteiger partial charge in [0.1, 0.15) is 0 Å². The summed E-state index contributed by atoms with van der Waals surface area (Å²) in [6.45, 7) is 7.84. The van der Waals surface area contributed by atoms with Crippen molar-refractivity contribution in [3.63, 3.8) is 0 Å². The maximum Gasteiger partial charge on any atom is 0.317 e. The number of carbonyl (C=O) groups is 2. The van der Waals surface area contributed by atoms with Gasteiger partial charge >= 0.3 is 6.03 Å². The number of urea groups is 1. The van der Waals surface area contributed by atoms with E-state index in [0.717, 1.165) is 25.9 Å². The molecular formula is C19H30N4O2. The van der Waals surface area contributed by atoms with Crippen LogP contribution < -0.4 is 10.6 Å². The molecule has 0 spiro atoms. The highest BCUT2D eigenvalue weighted by molar-refractivity contribution is 5.78. The molecule has 2 N–H and O–H groups in total. The molecule has 1 saturated heterocycles. The first kappa shape index (κ1) is 19.2. The van der Waals surface area contributed by atoms with Gasteiger partial charge in [-0.1, -0.05) is 30.3 Å². The molecule has 1 aliphatic heterocycles. The predicted octanol–water partition coefficient (Wildman–Crippen LogP) is 1.47. The van der Waals surface area contributed by atoms with Crippen molar-refractivity contribution in [2.75, 3.05) is 39.3 Å². The minimum absolute atomic E-state index is 0.00165. The highest BCUT2D eigenvalue weighted by atomic mass is 16.2. The maximum atomic E-state index is 12.4. The van der Waals surface area contributed by atoms with Gasteiger partial charge in [-0.15, -0.1) is 0 Å². The van der Waals surface area contributed by atoms with Crippen molar-refractivity contribution in [2.45, 2.75) is 32.7 Å². The smallest absolute Gasteiger partial charge is 0.317 e. The number of aryl methyl sites for hydroxylation is 1. The summed E-state index contributed by atoms with van der Waals surface area (Å²) >= 11 is 0. The van der Waals surface area contributed by atoms with Crippen molar-refractivity contribution in [3.8, 4) is 0 Å². The topological polar surface area (TPSA) is 64.7 Å². The maximum absolute atomic E-state index is 12.4. The molecule has 3 amide bonds. The van der Waals surface area contributed by atoms with Crippen LogP contribution in [0.15, 0.2) is 30.3 Å². The van der Waals surface area contributed by atoms with Gasteiger partial charge in [-0.25, -0.2) is 4.79 Å². The molecule has 0 aliphatic carbocycles. The lowest BCUT2D eigenvalue weighted by atomic mass is 10.1. The SMILES string of the molecule is CCNC(=O)CN1CCN(C(=O)NC(C)CCc2ccccc2)CC1. The highest BCUT2D eigenvalue weighted by Gasteiger charge is 2.22. The van der Waals surface area contributed by atoms with Gasteiger partial charge < -0.3 is 15.5 Å². The van der Waals surface area contributed by atoms with Crippen molar-refractivity contribution in [3.05, 3.63) is 35.9 Å². The van der Waals surface area contributed by atoms with E-state index in [1.807, 2.05) is 36.9 Å². The normalized spacial score (nSPS) is 16.3. The number of nitrogens with zero attached hydrogens (tertiary/aromatic N) is 2. The summed E-state index contributed by atoms with van der Waals surface area (Å²) in [6.07, 6.45) is 1.88. The summed E-state index contributed by atoms with van der Waals surface area (Å²) in [4.78, 5) is 27.9. The molecule has 0 aromatic heterocycles. The van der Waals surface area contributed by atoms with Crippen LogP contribution in [0.1, 0.15) is 25.8 Å². The number of piperazine rings is 1. The first-order chi connectivity index (χ1) is 12.1. The lowest BCUT2D eigenvalue weighted by Crippen LogP contribution is -2.54. The molecule has 138 valence electrons. The Balaban J connectivity index is 1.67. The molecule has 0 radical (unpaired) electrons. The second-order valence-corrected chi connectivity index (χ2v) is 6.59. The van der Waals surface area contributed by atoms with Crippen LogP contribution in [0, 0.1) is 0 Å². The standard InChI is InChI=1S/C19H30N4O2/c1-3-20-18(24)15-22-11-13-23(14-12-22)19(25)21-16(2)9-10-17-7-5-4-6-8-17/h4-8,16H,3,9-15H2,1-2H3,(H,20,24)(H,21,25). The third-order valence-electron chi connectivity index (χ3n) is 4.48. The highest BCUT2D eigenvalue weighted by Crippen LogP contribution is 2.06. The second kappa shape index (κ2) is 10.0. The zero-order valence-corrected chi connectivity index (χ0v) is 15.3. The van der Waals surface area contributed by atoms with E-state index in [1.54, 1.807) is 0 Å². The number of benzene rings is 1. The molecule has 0 saturated carbocycles. The fourth-order valence-corrected chi connectivity index (χ4v) is 2.97. The van der Waals surface area contributed by atoms with Crippen LogP contribution in [0.25, 0.3) is 0 Å². The minimum Gasteiger partial charge on any atom is -0.355 e. The van der Waals surface area contributed by atoms with Crippen molar-refractivity contribution < 1.29 is 9.59 Å². The first-order valence-corrected chi connectivity index (χ1v) is 9.17. The summed E-state index contributed by atoms with van der Waals surface area (Å²) in [5.74, 6) is 0.0509. The van der Waals surface area contributed by atoms with Gasteiger partial charge in [0.2, 0.25) is 5.91 Å². The number of hydrogen-bond donors (Lipinski definition) is 2. The van der Waals surface area contributed by atoms with Gasteiger partial charge in [-0.2, -0.15) is 0 Å². The average Bonchev–Trinajstić information content (AvgIpc) is 2.61. The molecule has 1 unspecified atom stereocenters. The Morgan fingerprint density at radius 2 is 1.80 bits per heavy atom. The molecule has 1 fully saturated rings. The zero-order valence-electron chi connectivity index (χ0n) is 15.3. The van der Waals surface area contributed by atoms with Crippen LogP contribution in [0.2, 0.25) is 0 Å². The molecule has 6 nitrogen and oxygen atoms in total. The van der Waals surface area contributed by atoms with Gasteiger partial charge in [0.15, 0.2) is 0 Å². The number of amides is 3. The molecule has 1 aromatic carbocycles. The fraction of sp³-hybridized carbons (Fsp3) is 0.579. The number of rotatable bonds is 7. The van der Waals surface area contributed by atoms with Crippen molar-refractivity contribution in [1.29, 1.82) is 0 Å². The fourth-order valence-electron chi connectivity index (χ4n) is 2.97. The molecule has 0 bridgehead atoms. The Hall–Kier alpha value is -2.08. The van der Waals surface area contributed by atoms with E-state index in [0.29, 0.717) is 26.2 Å². The summed E-state index contributed by atoms with van der Waals surface area (Å²) in [6, 6.07) is 10.5. The molecule has 6 heteroatoms. The summed E-state index contributed by atoms with van der Waals surface area (Å²) in [7, 11) is 0. The molecule has 1 heterocycles. The van der Waals surface area contributed by atoms with Crippen LogP contribution in [0.3, 0.4) is 0 Å². The molecule has 25 heavy (non-hydrogen) atoms. The van der Waals surface area contributed by atoms with Gasteiger partial charge in [0.05, 0.1) is 6.54 Å². The Morgan fingerprint density at radius 1 is 1.12 bits per heavy atom. The van der Waals surface area contributed by atoms with E-state index in [9.17, 15) is 9.59 Å². The van der Waals surface area contributed by atoms with E-state index in [2.05, 4.69) is 27.7 Å². The van der Waals surface area contributed by atoms with E-state index in [1.165, 1.54) is 5.56 Å². The number of nitrogens with one attached hydrogen (secondary N) is 2. The predicted molar refractivity (Wildman–Crippen MR) is 99.5 cm³/mol. The Bertz CT molecular complexity index is 542. The third-order valence-corrected chi connectivity index (χ3v) is 4.48. The van der Waals surface area contributed by atoms with Gasteiger partial charge in [-0.05, 0) is 32.3 Å². The van der Waals surface area contributed by atoms with E-state index >= 15 is 0 Å². The van der Waals surface area contributed by atoms with E-state index < -0.39 is 0 Å². The minimum atomic E-state index is -0.00165. The molecular weight excluding hydrogens is 316 g/mol. The summed E-state index contributed by atoms with van der Waals surface area (Å²) < 4.78 is 0. The zero-order chi connectivity index (χ0) is 18.1. The Morgan fingerprint density at radius 3 is 2.44 bits per heavy atom. The van der Waals surface area contributed by atoms with E-state index in [4.69, 9.17) is 0 Å². The Labute approximate surface area is 150 Å². The Kier molecular flexibility index (Phi) is 7.73. The van der Waals surface area contributed by atoms with Gasteiger partial charge in [0, 0.05) is 38.8 Å². The number of carbonyl (C=O) groups excluding carboxylic acids is 2. The van der Waals surface area contributed by atoms with Crippen molar-refractivity contribution in [2.24, 2.45) is 0 Å². The van der Waals surface area contributed by atoms with E-state index in [-0.39, 0.29) is 18.0 Å². The van der Waals surface area contributed by atoms with Gasteiger partial charge in [-0.3, -0.25) is 9.69 Å². The second-order valence-electron chi connectivity index (χ2n) is 6.59. The van der Waals surface area contributed by atoms with Crippen LogP contribution in [-0.2, 0) is 11.2 Å². The lowest BCUT2D eigenvalue weighted by Gasteiger charge is -2.34.